The Balaban J connectivity index is 0.00000225. The molecule has 6 nitrogen and oxygen atoms in total. The second-order valence-corrected chi connectivity index (χ2v) is 6.36. The van der Waals surface area contributed by atoms with Gasteiger partial charge < -0.3 is 15.0 Å². The molecule has 1 aliphatic heterocycles. The Bertz CT molecular complexity index is 719. The van der Waals surface area contributed by atoms with E-state index in [0.29, 0.717) is 13.1 Å². The molecule has 25 heavy (non-hydrogen) atoms. The van der Waals surface area contributed by atoms with Crippen molar-refractivity contribution in [1.29, 1.82) is 0 Å². The SMILES string of the molecule is COc1cccc(CN(C)C(=O)[C@H]2CNC[C@@H]2c2cnn(C)c2)c1.Cl. The number of hydrogen-bond acceptors (Lipinski definition) is 4. The molecule has 136 valence electrons. The van der Waals surface area contributed by atoms with Gasteiger partial charge in [0.2, 0.25) is 5.91 Å². The summed E-state index contributed by atoms with van der Waals surface area (Å²) in [6.45, 7) is 2.10. The lowest BCUT2D eigenvalue weighted by Gasteiger charge is -2.24. The van der Waals surface area contributed by atoms with E-state index in [2.05, 4.69) is 10.4 Å². The maximum absolute atomic E-state index is 12.9. The van der Waals surface area contributed by atoms with Crippen LogP contribution in [-0.2, 0) is 18.4 Å². The molecule has 7 heteroatoms. The van der Waals surface area contributed by atoms with Gasteiger partial charge in [-0.05, 0) is 23.3 Å². The first kappa shape index (κ1) is 19.3. The molecular weight excluding hydrogens is 340 g/mol. The molecule has 1 N–H and O–H groups in total. The monoisotopic (exact) mass is 364 g/mol. The molecule has 0 spiro atoms. The number of hydrogen-bond donors (Lipinski definition) is 1. The van der Waals surface area contributed by atoms with Crippen LogP contribution >= 0.6 is 12.4 Å². The van der Waals surface area contributed by atoms with Crippen molar-refractivity contribution >= 4 is 18.3 Å². The lowest BCUT2D eigenvalue weighted by molar-refractivity contribution is -0.134. The zero-order chi connectivity index (χ0) is 17.1. The van der Waals surface area contributed by atoms with Crippen molar-refractivity contribution in [1.82, 2.24) is 20.0 Å². The number of benzene rings is 1. The van der Waals surface area contributed by atoms with Gasteiger partial charge in [-0.25, -0.2) is 0 Å². The summed E-state index contributed by atoms with van der Waals surface area (Å²) in [5.41, 5.74) is 2.18. The lowest BCUT2D eigenvalue weighted by Crippen LogP contribution is -2.35. The van der Waals surface area contributed by atoms with E-state index in [1.165, 1.54) is 0 Å². The summed E-state index contributed by atoms with van der Waals surface area (Å²) in [7, 11) is 5.41. The van der Waals surface area contributed by atoms with Crippen LogP contribution in [0.2, 0.25) is 0 Å². The molecule has 2 aromatic rings. The van der Waals surface area contributed by atoms with E-state index in [-0.39, 0.29) is 30.2 Å². The van der Waals surface area contributed by atoms with Gasteiger partial charge in [-0.1, -0.05) is 12.1 Å². The number of nitrogens with one attached hydrogen (secondary N) is 1. The molecule has 3 rings (SSSR count). The molecule has 1 saturated heterocycles. The summed E-state index contributed by atoms with van der Waals surface area (Å²) in [4.78, 5) is 14.7. The highest BCUT2D eigenvalue weighted by atomic mass is 35.5. The third-order valence-electron chi connectivity index (χ3n) is 4.61. The van der Waals surface area contributed by atoms with Gasteiger partial charge in [-0.3, -0.25) is 9.48 Å². The highest BCUT2D eigenvalue weighted by Crippen LogP contribution is 2.29. The Labute approximate surface area is 154 Å². The van der Waals surface area contributed by atoms with Gasteiger partial charge >= 0.3 is 0 Å². The zero-order valence-electron chi connectivity index (χ0n) is 14.8. The van der Waals surface area contributed by atoms with E-state index >= 15 is 0 Å². The van der Waals surface area contributed by atoms with E-state index < -0.39 is 0 Å². The molecule has 1 aromatic heterocycles. The first-order chi connectivity index (χ1) is 11.6. The van der Waals surface area contributed by atoms with Gasteiger partial charge in [-0.15, -0.1) is 12.4 Å². The molecule has 0 radical (unpaired) electrons. The quantitative estimate of drug-likeness (QED) is 0.879. The van der Waals surface area contributed by atoms with Gasteiger partial charge in [-0.2, -0.15) is 5.10 Å². The molecule has 0 bridgehead atoms. The van der Waals surface area contributed by atoms with Gasteiger partial charge in [0.25, 0.3) is 0 Å². The fourth-order valence-electron chi connectivity index (χ4n) is 3.33. The van der Waals surface area contributed by atoms with Crippen molar-refractivity contribution in [2.24, 2.45) is 13.0 Å². The average molecular weight is 365 g/mol. The predicted octanol–water partition coefficient (Wildman–Crippen LogP) is 1.81. The number of rotatable bonds is 5. The maximum atomic E-state index is 12.9. The Morgan fingerprint density at radius 2 is 2.24 bits per heavy atom. The summed E-state index contributed by atoms with van der Waals surface area (Å²) < 4.78 is 7.04. The van der Waals surface area contributed by atoms with E-state index in [9.17, 15) is 4.79 Å². The Morgan fingerprint density at radius 3 is 2.92 bits per heavy atom. The molecule has 2 atom stereocenters. The van der Waals surface area contributed by atoms with E-state index in [1.807, 2.05) is 50.8 Å². The summed E-state index contributed by atoms with van der Waals surface area (Å²) in [6, 6.07) is 7.83. The van der Waals surface area contributed by atoms with Gasteiger partial charge in [0, 0.05) is 45.8 Å². The van der Waals surface area contributed by atoms with E-state index in [0.717, 1.165) is 23.4 Å². The molecule has 1 aliphatic rings. The highest BCUT2D eigenvalue weighted by molar-refractivity contribution is 5.85. The van der Waals surface area contributed by atoms with Crippen LogP contribution in [0.1, 0.15) is 17.0 Å². The second-order valence-electron chi connectivity index (χ2n) is 6.36. The van der Waals surface area contributed by atoms with Crippen LogP contribution < -0.4 is 10.1 Å². The highest BCUT2D eigenvalue weighted by Gasteiger charge is 2.36. The zero-order valence-corrected chi connectivity index (χ0v) is 15.6. The number of methoxy groups -OCH3 is 1. The largest absolute Gasteiger partial charge is 0.497 e. The summed E-state index contributed by atoms with van der Waals surface area (Å²) >= 11 is 0. The number of carbonyl (C=O) groups is 1. The summed E-state index contributed by atoms with van der Waals surface area (Å²) in [5.74, 6) is 1.10. The van der Waals surface area contributed by atoms with Crippen LogP contribution in [0.15, 0.2) is 36.7 Å². The van der Waals surface area contributed by atoms with Crippen LogP contribution in [0, 0.1) is 5.92 Å². The molecule has 2 heterocycles. The number of aromatic nitrogens is 2. The van der Waals surface area contributed by atoms with Crippen LogP contribution in [0.5, 0.6) is 5.75 Å². The van der Waals surface area contributed by atoms with Crippen LogP contribution in [0.25, 0.3) is 0 Å². The standard InChI is InChI=1S/C18H24N4O2.ClH/c1-21(11-13-5-4-6-15(7-13)24-3)18(23)17-10-19-9-16(17)14-8-20-22(2)12-14;/h4-8,12,16-17,19H,9-11H2,1-3H3;1H/t16-,17+;/m1./s1. The van der Waals surface area contributed by atoms with Gasteiger partial charge in [0.1, 0.15) is 5.75 Å². The minimum atomic E-state index is -0.0511. The molecule has 0 aliphatic carbocycles. The number of nitrogens with zero attached hydrogens (tertiary/aromatic N) is 3. The fraction of sp³-hybridized carbons (Fsp3) is 0.444. The number of halogens is 1. The van der Waals surface area contributed by atoms with Crippen LogP contribution in [0.4, 0.5) is 0 Å². The fourth-order valence-corrected chi connectivity index (χ4v) is 3.33. The van der Waals surface area contributed by atoms with Gasteiger partial charge in [0.05, 0.1) is 19.2 Å². The Hall–Kier alpha value is -2.05. The number of amides is 1. The molecule has 1 amide bonds. The molecule has 0 saturated carbocycles. The first-order valence-corrected chi connectivity index (χ1v) is 8.15. The number of ether oxygens (including phenoxy) is 1. The van der Waals surface area contributed by atoms with Crippen molar-refractivity contribution in [3.05, 3.63) is 47.8 Å². The minimum Gasteiger partial charge on any atom is -0.497 e. The lowest BCUT2D eigenvalue weighted by atomic mass is 9.90. The van der Waals surface area contributed by atoms with E-state index in [4.69, 9.17) is 4.74 Å². The van der Waals surface area contributed by atoms with Crippen molar-refractivity contribution in [2.45, 2.75) is 12.5 Å². The molecular formula is C18H25ClN4O2. The third-order valence-corrected chi connectivity index (χ3v) is 4.61. The number of carbonyl (C=O) groups excluding carboxylic acids is 1. The predicted molar refractivity (Wildman–Crippen MR) is 99.0 cm³/mol. The van der Waals surface area contributed by atoms with Crippen molar-refractivity contribution < 1.29 is 9.53 Å². The average Bonchev–Trinajstić information content (AvgIpc) is 3.22. The molecule has 0 unspecified atom stereocenters. The van der Waals surface area contributed by atoms with Crippen LogP contribution in [0.3, 0.4) is 0 Å². The van der Waals surface area contributed by atoms with Crippen molar-refractivity contribution in [2.75, 3.05) is 27.2 Å². The van der Waals surface area contributed by atoms with Crippen molar-refractivity contribution in [3.63, 3.8) is 0 Å². The Kier molecular flexibility index (Phi) is 6.45. The van der Waals surface area contributed by atoms with E-state index in [1.54, 1.807) is 16.7 Å². The van der Waals surface area contributed by atoms with Crippen molar-refractivity contribution in [3.8, 4) is 5.75 Å². The molecule has 1 fully saturated rings. The minimum absolute atomic E-state index is 0. The third kappa shape index (κ3) is 4.32. The summed E-state index contributed by atoms with van der Waals surface area (Å²) in [6.07, 6.45) is 3.86. The van der Waals surface area contributed by atoms with Crippen LogP contribution in [-0.4, -0.2) is 47.8 Å². The summed E-state index contributed by atoms with van der Waals surface area (Å²) in [5, 5.41) is 7.58. The smallest absolute Gasteiger partial charge is 0.227 e. The second kappa shape index (κ2) is 8.36. The molecule has 1 aromatic carbocycles. The Morgan fingerprint density at radius 1 is 1.44 bits per heavy atom. The normalized spacial score (nSPS) is 19.3. The topological polar surface area (TPSA) is 59.4 Å². The number of aryl methyl sites for hydroxylation is 1. The van der Waals surface area contributed by atoms with Gasteiger partial charge in [0.15, 0.2) is 0 Å². The first-order valence-electron chi connectivity index (χ1n) is 8.15. The maximum Gasteiger partial charge on any atom is 0.227 e.